The summed E-state index contributed by atoms with van der Waals surface area (Å²) in [5, 5.41) is 4.53. The summed E-state index contributed by atoms with van der Waals surface area (Å²) < 4.78 is 11.7. The van der Waals surface area contributed by atoms with Gasteiger partial charge in [0.05, 0.1) is 19.4 Å². The van der Waals surface area contributed by atoms with Crippen LogP contribution in [0.1, 0.15) is 33.5 Å². The maximum Gasteiger partial charge on any atom is 0.271 e. The van der Waals surface area contributed by atoms with E-state index in [0.29, 0.717) is 29.5 Å². The smallest absolute Gasteiger partial charge is 0.271 e. The molecule has 6 heteroatoms. The lowest BCUT2D eigenvalue weighted by molar-refractivity contribution is 0.0955. The van der Waals surface area contributed by atoms with Crippen LogP contribution in [-0.2, 0) is 0 Å². The Hall–Kier alpha value is -3.31. The van der Waals surface area contributed by atoms with E-state index in [1.807, 2.05) is 36.4 Å². The van der Waals surface area contributed by atoms with Crippen LogP contribution in [0.3, 0.4) is 0 Å². The monoisotopic (exact) mass is 436 g/mol. The summed E-state index contributed by atoms with van der Waals surface area (Å²) >= 11 is 5.91. The summed E-state index contributed by atoms with van der Waals surface area (Å²) in [4.78, 5) is 12.1. The molecule has 0 unspecified atom stereocenters. The van der Waals surface area contributed by atoms with Crippen molar-refractivity contribution in [1.29, 1.82) is 0 Å². The summed E-state index contributed by atoms with van der Waals surface area (Å²) in [5.41, 5.74) is 6.17. The molecule has 1 amide bonds. The lowest BCUT2D eigenvalue weighted by Gasteiger charge is -2.10. The SMILES string of the molecule is Cc1ccc(OCCCOc2ccccc2/C=N\NC(=O)c2cccc(Cl)c2)cc1C. The molecule has 160 valence electrons. The second-order valence-electron chi connectivity index (χ2n) is 7.04. The maximum absolute atomic E-state index is 12.1. The highest BCUT2D eigenvalue weighted by molar-refractivity contribution is 6.30. The van der Waals surface area contributed by atoms with Crippen LogP contribution in [0.2, 0.25) is 5.02 Å². The molecule has 0 aliphatic rings. The molecule has 0 aliphatic carbocycles. The number of amides is 1. The van der Waals surface area contributed by atoms with Gasteiger partial charge in [0.25, 0.3) is 5.91 Å². The molecule has 0 atom stereocenters. The van der Waals surface area contributed by atoms with Gasteiger partial charge in [-0.25, -0.2) is 5.43 Å². The number of carbonyl (C=O) groups is 1. The van der Waals surface area contributed by atoms with Crippen LogP contribution in [-0.4, -0.2) is 25.3 Å². The molecule has 0 heterocycles. The van der Waals surface area contributed by atoms with Gasteiger partial charge in [0.1, 0.15) is 11.5 Å². The third-order valence-corrected chi connectivity index (χ3v) is 4.90. The molecular weight excluding hydrogens is 412 g/mol. The second kappa shape index (κ2) is 11.2. The summed E-state index contributed by atoms with van der Waals surface area (Å²) in [6.07, 6.45) is 2.30. The maximum atomic E-state index is 12.1. The number of benzene rings is 3. The van der Waals surface area contributed by atoms with Crippen molar-refractivity contribution in [1.82, 2.24) is 5.43 Å². The number of ether oxygens (including phenoxy) is 2. The van der Waals surface area contributed by atoms with Crippen LogP contribution < -0.4 is 14.9 Å². The fourth-order valence-electron chi connectivity index (χ4n) is 2.81. The third-order valence-electron chi connectivity index (χ3n) is 4.67. The predicted molar refractivity (Wildman–Crippen MR) is 124 cm³/mol. The van der Waals surface area contributed by atoms with Crippen molar-refractivity contribution in [3.05, 3.63) is 94.0 Å². The highest BCUT2D eigenvalue weighted by Crippen LogP contribution is 2.18. The number of hydrazone groups is 1. The molecule has 3 aromatic carbocycles. The van der Waals surface area contributed by atoms with E-state index in [1.165, 1.54) is 11.1 Å². The Morgan fingerprint density at radius 1 is 0.968 bits per heavy atom. The Kier molecular flexibility index (Phi) is 8.07. The molecule has 3 rings (SSSR count). The van der Waals surface area contributed by atoms with E-state index < -0.39 is 0 Å². The minimum atomic E-state index is -0.333. The topological polar surface area (TPSA) is 59.9 Å². The Morgan fingerprint density at radius 2 is 1.77 bits per heavy atom. The fourth-order valence-corrected chi connectivity index (χ4v) is 3.00. The Morgan fingerprint density at radius 3 is 2.58 bits per heavy atom. The number of halogens is 1. The van der Waals surface area contributed by atoms with E-state index in [2.05, 4.69) is 30.4 Å². The van der Waals surface area contributed by atoms with Crippen molar-refractivity contribution in [2.45, 2.75) is 20.3 Å². The number of hydrogen-bond donors (Lipinski definition) is 1. The van der Waals surface area contributed by atoms with E-state index in [1.54, 1.807) is 30.5 Å². The van der Waals surface area contributed by atoms with E-state index in [-0.39, 0.29) is 5.91 Å². The van der Waals surface area contributed by atoms with Gasteiger partial charge in [0.15, 0.2) is 0 Å². The number of aryl methyl sites for hydroxylation is 2. The van der Waals surface area contributed by atoms with Gasteiger partial charge in [-0.05, 0) is 67.4 Å². The Labute approximate surface area is 187 Å². The standard InChI is InChI=1S/C25H25ClN2O3/c1-18-11-12-23(15-19(18)2)30-13-6-14-31-24-10-4-3-7-21(24)17-27-28-25(29)20-8-5-9-22(26)16-20/h3-5,7-12,15-17H,6,13-14H2,1-2H3,(H,28,29)/b27-17-. The second-order valence-corrected chi connectivity index (χ2v) is 7.48. The summed E-state index contributed by atoms with van der Waals surface area (Å²) in [6, 6.07) is 20.3. The number of nitrogens with one attached hydrogen (secondary N) is 1. The lowest BCUT2D eigenvalue weighted by Crippen LogP contribution is -2.17. The zero-order chi connectivity index (χ0) is 22.1. The van der Waals surface area contributed by atoms with E-state index in [9.17, 15) is 4.79 Å². The first-order valence-corrected chi connectivity index (χ1v) is 10.4. The van der Waals surface area contributed by atoms with Gasteiger partial charge in [-0.2, -0.15) is 5.10 Å². The number of rotatable bonds is 9. The largest absolute Gasteiger partial charge is 0.493 e. The number of para-hydroxylation sites is 1. The van der Waals surface area contributed by atoms with E-state index >= 15 is 0 Å². The molecule has 0 saturated heterocycles. The number of hydrogen-bond acceptors (Lipinski definition) is 4. The average molecular weight is 437 g/mol. The first kappa shape index (κ1) is 22.4. The molecule has 3 aromatic rings. The fraction of sp³-hybridized carbons (Fsp3) is 0.200. The molecular formula is C25H25ClN2O3. The normalized spacial score (nSPS) is 10.8. The molecule has 31 heavy (non-hydrogen) atoms. The lowest BCUT2D eigenvalue weighted by atomic mass is 10.1. The van der Waals surface area contributed by atoms with Crippen LogP contribution >= 0.6 is 11.6 Å². The Bertz CT molecular complexity index is 1070. The molecule has 0 saturated carbocycles. The van der Waals surface area contributed by atoms with Crippen molar-refractivity contribution >= 4 is 23.7 Å². The van der Waals surface area contributed by atoms with Crippen molar-refractivity contribution in [3.8, 4) is 11.5 Å². The van der Waals surface area contributed by atoms with Crippen LogP contribution in [0.25, 0.3) is 0 Å². The van der Waals surface area contributed by atoms with Gasteiger partial charge >= 0.3 is 0 Å². The number of nitrogens with zero attached hydrogens (tertiary/aromatic N) is 1. The van der Waals surface area contributed by atoms with E-state index in [4.69, 9.17) is 21.1 Å². The molecule has 0 bridgehead atoms. The number of carbonyl (C=O) groups excluding carboxylic acids is 1. The van der Waals surface area contributed by atoms with Gasteiger partial charge in [0.2, 0.25) is 0 Å². The van der Waals surface area contributed by atoms with Gasteiger partial charge in [-0.15, -0.1) is 0 Å². The van der Waals surface area contributed by atoms with Gasteiger partial charge in [-0.1, -0.05) is 35.9 Å². The van der Waals surface area contributed by atoms with E-state index in [0.717, 1.165) is 17.7 Å². The molecule has 5 nitrogen and oxygen atoms in total. The molecule has 0 aliphatic heterocycles. The summed E-state index contributed by atoms with van der Waals surface area (Å²) in [5.74, 6) is 1.22. The molecule has 0 radical (unpaired) electrons. The Balaban J connectivity index is 1.47. The van der Waals surface area contributed by atoms with Crippen molar-refractivity contribution in [2.75, 3.05) is 13.2 Å². The van der Waals surface area contributed by atoms with Crippen LogP contribution in [0.4, 0.5) is 0 Å². The van der Waals surface area contributed by atoms with Gasteiger partial charge in [-0.3, -0.25) is 4.79 Å². The molecule has 0 aromatic heterocycles. The molecule has 0 spiro atoms. The first-order chi connectivity index (χ1) is 15.0. The summed E-state index contributed by atoms with van der Waals surface area (Å²) in [6.45, 7) is 5.22. The third kappa shape index (κ3) is 6.86. The van der Waals surface area contributed by atoms with Crippen molar-refractivity contribution < 1.29 is 14.3 Å². The summed E-state index contributed by atoms with van der Waals surface area (Å²) in [7, 11) is 0. The predicted octanol–water partition coefficient (Wildman–Crippen LogP) is 5.57. The van der Waals surface area contributed by atoms with Gasteiger partial charge < -0.3 is 9.47 Å². The van der Waals surface area contributed by atoms with Gasteiger partial charge in [0, 0.05) is 22.6 Å². The van der Waals surface area contributed by atoms with Crippen molar-refractivity contribution in [2.24, 2.45) is 5.10 Å². The average Bonchev–Trinajstić information content (AvgIpc) is 2.77. The van der Waals surface area contributed by atoms with Crippen LogP contribution in [0, 0.1) is 13.8 Å². The highest BCUT2D eigenvalue weighted by atomic mass is 35.5. The highest BCUT2D eigenvalue weighted by Gasteiger charge is 2.05. The zero-order valence-electron chi connectivity index (χ0n) is 17.6. The zero-order valence-corrected chi connectivity index (χ0v) is 18.4. The van der Waals surface area contributed by atoms with Crippen molar-refractivity contribution in [3.63, 3.8) is 0 Å². The quantitative estimate of drug-likeness (QED) is 0.271. The minimum absolute atomic E-state index is 0.333. The van der Waals surface area contributed by atoms with Crippen LogP contribution in [0.5, 0.6) is 11.5 Å². The molecule has 1 N–H and O–H groups in total. The molecule has 0 fully saturated rings. The van der Waals surface area contributed by atoms with Crippen LogP contribution in [0.15, 0.2) is 71.8 Å². The minimum Gasteiger partial charge on any atom is -0.493 e. The first-order valence-electron chi connectivity index (χ1n) is 10.0.